The maximum absolute atomic E-state index is 5.93. The predicted molar refractivity (Wildman–Crippen MR) is 86.2 cm³/mol. The molecule has 2 nitrogen and oxygen atoms in total. The van der Waals surface area contributed by atoms with Crippen molar-refractivity contribution in [2.24, 2.45) is 5.73 Å². The van der Waals surface area contributed by atoms with Crippen molar-refractivity contribution in [1.82, 2.24) is 0 Å². The standard InChI is InChI=1S/C18H25NO/c19-14-7-3-1-2-4-8-15-20-18-13-9-11-16-10-5-6-12-17(16)18/h5-6,9-13H,1-4,7-8,14-15,19H2. The summed E-state index contributed by atoms with van der Waals surface area (Å²) in [5.41, 5.74) is 5.48. The van der Waals surface area contributed by atoms with E-state index in [0.717, 1.165) is 31.7 Å². The van der Waals surface area contributed by atoms with Crippen LogP contribution in [-0.2, 0) is 0 Å². The topological polar surface area (TPSA) is 35.2 Å². The molecule has 0 radical (unpaired) electrons. The smallest absolute Gasteiger partial charge is 0.127 e. The second-order valence-corrected chi connectivity index (χ2v) is 5.24. The molecule has 0 aromatic heterocycles. The van der Waals surface area contributed by atoms with Gasteiger partial charge in [-0.05, 0) is 30.8 Å². The maximum atomic E-state index is 5.93. The first-order valence-electron chi connectivity index (χ1n) is 7.72. The van der Waals surface area contributed by atoms with Crippen LogP contribution >= 0.6 is 0 Å². The molecule has 0 aliphatic carbocycles. The van der Waals surface area contributed by atoms with Gasteiger partial charge in [0, 0.05) is 5.39 Å². The monoisotopic (exact) mass is 271 g/mol. The van der Waals surface area contributed by atoms with Crippen LogP contribution in [0.5, 0.6) is 5.75 Å². The van der Waals surface area contributed by atoms with Gasteiger partial charge in [-0.1, -0.05) is 62.1 Å². The van der Waals surface area contributed by atoms with Crippen molar-refractivity contribution in [3.63, 3.8) is 0 Å². The van der Waals surface area contributed by atoms with E-state index in [-0.39, 0.29) is 0 Å². The SMILES string of the molecule is NCCCCCCCCOc1cccc2ccccc12. The molecule has 0 saturated heterocycles. The van der Waals surface area contributed by atoms with Gasteiger partial charge in [0.2, 0.25) is 0 Å². The molecule has 0 spiro atoms. The molecule has 2 heteroatoms. The van der Waals surface area contributed by atoms with Gasteiger partial charge in [0.25, 0.3) is 0 Å². The first kappa shape index (κ1) is 14.9. The highest BCUT2D eigenvalue weighted by molar-refractivity contribution is 5.88. The van der Waals surface area contributed by atoms with E-state index in [1.54, 1.807) is 0 Å². The van der Waals surface area contributed by atoms with E-state index in [4.69, 9.17) is 10.5 Å². The van der Waals surface area contributed by atoms with Gasteiger partial charge in [-0.15, -0.1) is 0 Å². The van der Waals surface area contributed by atoms with Crippen LogP contribution < -0.4 is 10.5 Å². The molecule has 0 aliphatic rings. The Hall–Kier alpha value is -1.54. The highest BCUT2D eigenvalue weighted by Crippen LogP contribution is 2.25. The van der Waals surface area contributed by atoms with Crippen LogP contribution in [0.25, 0.3) is 10.8 Å². The minimum Gasteiger partial charge on any atom is -0.493 e. The molecule has 2 N–H and O–H groups in total. The molecule has 108 valence electrons. The lowest BCUT2D eigenvalue weighted by molar-refractivity contribution is 0.308. The number of rotatable bonds is 9. The molecule has 2 aromatic rings. The molecule has 0 unspecified atom stereocenters. The van der Waals surface area contributed by atoms with E-state index in [2.05, 4.69) is 42.5 Å². The summed E-state index contributed by atoms with van der Waals surface area (Å²) in [7, 11) is 0. The number of ether oxygens (including phenoxy) is 1. The number of unbranched alkanes of at least 4 members (excludes halogenated alkanes) is 5. The summed E-state index contributed by atoms with van der Waals surface area (Å²) >= 11 is 0. The molecule has 0 heterocycles. The quantitative estimate of drug-likeness (QED) is 0.681. The van der Waals surface area contributed by atoms with Crippen LogP contribution in [0.15, 0.2) is 42.5 Å². The molecule has 2 aromatic carbocycles. The highest BCUT2D eigenvalue weighted by atomic mass is 16.5. The Bertz CT molecular complexity index is 504. The van der Waals surface area contributed by atoms with Gasteiger partial charge in [-0.3, -0.25) is 0 Å². The Morgan fingerprint density at radius 3 is 2.30 bits per heavy atom. The lowest BCUT2D eigenvalue weighted by Gasteiger charge is -2.09. The molecule has 0 aliphatic heterocycles. The van der Waals surface area contributed by atoms with Crippen molar-refractivity contribution in [3.05, 3.63) is 42.5 Å². The van der Waals surface area contributed by atoms with Gasteiger partial charge < -0.3 is 10.5 Å². The predicted octanol–water partition coefficient (Wildman–Crippen LogP) is 4.52. The minimum absolute atomic E-state index is 0.810. The summed E-state index contributed by atoms with van der Waals surface area (Å²) in [6.45, 7) is 1.63. The normalized spacial score (nSPS) is 10.8. The summed E-state index contributed by atoms with van der Waals surface area (Å²) in [6, 6.07) is 14.6. The average Bonchev–Trinajstić information content (AvgIpc) is 2.50. The number of benzene rings is 2. The number of fused-ring (bicyclic) bond motifs is 1. The van der Waals surface area contributed by atoms with Crippen LogP contribution in [0.4, 0.5) is 0 Å². The van der Waals surface area contributed by atoms with E-state index in [9.17, 15) is 0 Å². The summed E-state index contributed by atoms with van der Waals surface area (Å²) in [4.78, 5) is 0. The van der Waals surface area contributed by atoms with Gasteiger partial charge in [0.05, 0.1) is 6.61 Å². The van der Waals surface area contributed by atoms with Crippen LogP contribution in [0.3, 0.4) is 0 Å². The highest BCUT2D eigenvalue weighted by Gasteiger charge is 2.00. The summed E-state index contributed by atoms with van der Waals surface area (Å²) in [5.74, 6) is 1.01. The summed E-state index contributed by atoms with van der Waals surface area (Å²) < 4.78 is 5.93. The molecule has 0 fully saturated rings. The van der Waals surface area contributed by atoms with E-state index in [1.165, 1.54) is 36.5 Å². The van der Waals surface area contributed by atoms with Crippen molar-refractivity contribution < 1.29 is 4.74 Å². The average molecular weight is 271 g/mol. The van der Waals surface area contributed by atoms with Crippen molar-refractivity contribution in [1.29, 1.82) is 0 Å². The van der Waals surface area contributed by atoms with Gasteiger partial charge in [0.1, 0.15) is 5.75 Å². The summed E-state index contributed by atoms with van der Waals surface area (Å²) in [5, 5.41) is 2.45. The van der Waals surface area contributed by atoms with Gasteiger partial charge in [0.15, 0.2) is 0 Å². The minimum atomic E-state index is 0.810. The Labute approximate surface area is 121 Å². The molecule has 2 rings (SSSR count). The Balaban J connectivity index is 1.71. The molecular formula is C18H25NO. The second-order valence-electron chi connectivity index (χ2n) is 5.24. The fourth-order valence-corrected chi connectivity index (χ4v) is 2.46. The third-order valence-electron chi connectivity index (χ3n) is 3.61. The Kier molecular flexibility index (Phi) is 6.39. The lowest BCUT2D eigenvalue weighted by atomic mass is 10.1. The van der Waals surface area contributed by atoms with Gasteiger partial charge in [-0.25, -0.2) is 0 Å². The molecule has 20 heavy (non-hydrogen) atoms. The van der Waals surface area contributed by atoms with Crippen LogP contribution in [0.2, 0.25) is 0 Å². The fourth-order valence-electron chi connectivity index (χ4n) is 2.46. The zero-order chi connectivity index (χ0) is 14.0. The van der Waals surface area contributed by atoms with Crippen LogP contribution in [0.1, 0.15) is 38.5 Å². The molecule has 0 amide bonds. The van der Waals surface area contributed by atoms with E-state index in [0.29, 0.717) is 0 Å². The second kappa shape index (κ2) is 8.60. The lowest BCUT2D eigenvalue weighted by Crippen LogP contribution is -1.99. The van der Waals surface area contributed by atoms with Crippen molar-refractivity contribution in [2.45, 2.75) is 38.5 Å². The molecular weight excluding hydrogens is 246 g/mol. The maximum Gasteiger partial charge on any atom is 0.127 e. The zero-order valence-corrected chi connectivity index (χ0v) is 12.2. The van der Waals surface area contributed by atoms with E-state index >= 15 is 0 Å². The van der Waals surface area contributed by atoms with Crippen LogP contribution in [0, 0.1) is 0 Å². The van der Waals surface area contributed by atoms with Crippen LogP contribution in [-0.4, -0.2) is 13.2 Å². The first-order valence-corrected chi connectivity index (χ1v) is 7.72. The Morgan fingerprint density at radius 1 is 0.750 bits per heavy atom. The van der Waals surface area contributed by atoms with Crippen molar-refractivity contribution >= 4 is 10.8 Å². The third-order valence-corrected chi connectivity index (χ3v) is 3.61. The molecule has 0 saturated carbocycles. The van der Waals surface area contributed by atoms with E-state index in [1.807, 2.05) is 0 Å². The van der Waals surface area contributed by atoms with E-state index < -0.39 is 0 Å². The number of hydrogen-bond acceptors (Lipinski definition) is 2. The molecule has 0 bridgehead atoms. The fraction of sp³-hybridized carbons (Fsp3) is 0.444. The largest absolute Gasteiger partial charge is 0.493 e. The molecule has 0 atom stereocenters. The van der Waals surface area contributed by atoms with Gasteiger partial charge >= 0.3 is 0 Å². The van der Waals surface area contributed by atoms with Crippen molar-refractivity contribution in [3.8, 4) is 5.75 Å². The van der Waals surface area contributed by atoms with Crippen molar-refractivity contribution in [2.75, 3.05) is 13.2 Å². The third kappa shape index (κ3) is 4.53. The Morgan fingerprint density at radius 2 is 1.45 bits per heavy atom. The number of nitrogens with two attached hydrogens (primary N) is 1. The van der Waals surface area contributed by atoms with Gasteiger partial charge in [-0.2, -0.15) is 0 Å². The number of hydrogen-bond donors (Lipinski definition) is 1. The first-order chi connectivity index (χ1) is 9.92. The zero-order valence-electron chi connectivity index (χ0n) is 12.2. The summed E-state index contributed by atoms with van der Waals surface area (Å²) in [6.07, 6.45) is 7.39.